The molecule has 0 radical (unpaired) electrons. The highest BCUT2D eigenvalue weighted by Gasteiger charge is 2.45. The molecule has 0 fully saturated rings. The summed E-state index contributed by atoms with van der Waals surface area (Å²) in [6.07, 6.45) is 3.24. The van der Waals surface area contributed by atoms with E-state index < -0.39 is 5.41 Å². The number of hydrogen-bond donors (Lipinski definition) is 2. The summed E-state index contributed by atoms with van der Waals surface area (Å²) in [7, 11) is 0. The lowest BCUT2D eigenvalue weighted by Crippen LogP contribution is -2.28. The number of phenolic OH excluding ortho intramolecular Hbond substituents is 2. The van der Waals surface area contributed by atoms with E-state index in [4.69, 9.17) is 23.2 Å². The first-order chi connectivity index (χ1) is 21.9. The van der Waals surface area contributed by atoms with Crippen molar-refractivity contribution in [3.8, 4) is 22.6 Å². The second kappa shape index (κ2) is 11.7. The molecule has 0 bridgehead atoms. The maximum Gasteiger partial charge on any atom is 0.124 e. The number of nitrogens with zero attached hydrogens (tertiary/aromatic N) is 2. The summed E-state index contributed by atoms with van der Waals surface area (Å²) in [5.74, 6) is 0.241. The summed E-state index contributed by atoms with van der Waals surface area (Å²) in [4.78, 5) is 9.23. The first-order valence-electron chi connectivity index (χ1n) is 14.4. The average Bonchev–Trinajstić information content (AvgIpc) is 3.37. The van der Waals surface area contributed by atoms with Gasteiger partial charge in [0.2, 0.25) is 0 Å². The predicted molar refractivity (Wildman–Crippen MR) is 184 cm³/mol. The van der Waals surface area contributed by atoms with E-state index in [0.717, 1.165) is 22.5 Å². The number of aliphatic imine (C=N–C) groups is 2. The molecular formula is C39H26Cl2N2O2. The molecule has 1 aliphatic rings. The molecule has 0 spiro atoms. The Morgan fingerprint density at radius 3 is 1.31 bits per heavy atom. The van der Waals surface area contributed by atoms with Gasteiger partial charge in [-0.05, 0) is 94.0 Å². The Morgan fingerprint density at radius 1 is 0.489 bits per heavy atom. The number of phenols is 2. The van der Waals surface area contributed by atoms with E-state index >= 15 is 0 Å². The van der Waals surface area contributed by atoms with E-state index in [-0.39, 0.29) is 11.5 Å². The second-order valence-electron chi connectivity index (χ2n) is 10.9. The number of rotatable bonds is 6. The van der Waals surface area contributed by atoms with Gasteiger partial charge in [-0.1, -0.05) is 96.0 Å². The molecule has 6 heteroatoms. The van der Waals surface area contributed by atoms with Crippen LogP contribution in [0.3, 0.4) is 0 Å². The van der Waals surface area contributed by atoms with Crippen LogP contribution in [0.2, 0.25) is 10.0 Å². The molecule has 1 aliphatic carbocycles. The van der Waals surface area contributed by atoms with Crippen molar-refractivity contribution in [1.29, 1.82) is 0 Å². The van der Waals surface area contributed by atoms with E-state index in [9.17, 15) is 10.2 Å². The van der Waals surface area contributed by atoms with Gasteiger partial charge in [0.15, 0.2) is 0 Å². The molecule has 0 heterocycles. The van der Waals surface area contributed by atoms with Crippen LogP contribution in [0.5, 0.6) is 11.5 Å². The van der Waals surface area contributed by atoms with Crippen molar-refractivity contribution in [2.45, 2.75) is 5.41 Å². The minimum Gasteiger partial charge on any atom is -0.507 e. The van der Waals surface area contributed by atoms with Gasteiger partial charge in [0.25, 0.3) is 0 Å². The summed E-state index contributed by atoms with van der Waals surface area (Å²) in [6.45, 7) is 0. The quantitative estimate of drug-likeness (QED) is 0.181. The van der Waals surface area contributed by atoms with Crippen molar-refractivity contribution in [3.05, 3.63) is 177 Å². The molecule has 2 N–H and O–H groups in total. The van der Waals surface area contributed by atoms with Gasteiger partial charge in [0, 0.05) is 33.6 Å². The lowest BCUT2D eigenvalue weighted by atomic mass is 9.67. The number of hydrogen-bond acceptors (Lipinski definition) is 4. The van der Waals surface area contributed by atoms with Crippen LogP contribution in [0.15, 0.2) is 143 Å². The van der Waals surface area contributed by atoms with E-state index in [1.807, 2.05) is 24.3 Å². The van der Waals surface area contributed by atoms with Crippen LogP contribution in [-0.4, -0.2) is 22.6 Å². The summed E-state index contributed by atoms with van der Waals surface area (Å²) in [6, 6.07) is 43.4. The highest BCUT2D eigenvalue weighted by Crippen LogP contribution is 2.56. The molecule has 0 aromatic heterocycles. The summed E-state index contributed by atoms with van der Waals surface area (Å²) in [5, 5.41) is 21.5. The molecule has 0 amide bonds. The number of fused-ring (bicyclic) bond motifs is 3. The topological polar surface area (TPSA) is 65.2 Å². The van der Waals surface area contributed by atoms with E-state index in [2.05, 4.69) is 82.8 Å². The van der Waals surface area contributed by atoms with Crippen LogP contribution in [0.1, 0.15) is 33.4 Å². The van der Waals surface area contributed by atoms with Gasteiger partial charge in [-0.25, -0.2) is 0 Å². The molecule has 6 aromatic carbocycles. The molecule has 0 unspecified atom stereocenters. The standard InChI is InChI=1S/C39H26Cl2N2O2/c40-29-13-19-37(44)25(21-29)23-42-31-15-9-27(10-16-31)39(35-7-3-1-5-33(35)34-6-2-4-8-36(34)39)28-11-17-32(18-12-28)43-24-26-22-30(41)14-20-38(26)45/h1-24,44-45H. The average molecular weight is 626 g/mol. The first kappa shape index (κ1) is 28.6. The molecular weight excluding hydrogens is 599 g/mol. The predicted octanol–water partition coefficient (Wildman–Crippen LogP) is 10.3. The maximum absolute atomic E-state index is 10.2. The molecule has 0 aliphatic heterocycles. The smallest absolute Gasteiger partial charge is 0.124 e. The molecule has 218 valence electrons. The second-order valence-corrected chi connectivity index (χ2v) is 11.7. The van der Waals surface area contributed by atoms with Gasteiger partial charge in [-0.2, -0.15) is 0 Å². The van der Waals surface area contributed by atoms with Gasteiger partial charge >= 0.3 is 0 Å². The summed E-state index contributed by atoms with van der Waals surface area (Å²) in [5.41, 5.74) is 9.03. The van der Waals surface area contributed by atoms with E-state index in [0.29, 0.717) is 21.2 Å². The Hall–Kier alpha value is -5.16. The zero-order valence-corrected chi connectivity index (χ0v) is 25.4. The maximum atomic E-state index is 10.2. The van der Waals surface area contributed by atoms with Crippen LogP contribution in [0.25, 0.3) is 11.1 Å². The van der Waals surface area contributed by atoms with Crippen molar-refractivity contribution in [3.63, 3.8) is 0 Å². The first-order valence-corrected chi connectivity index (χ1v) is 15.1. The number of benzene rings is 6. The molecule has 45 heavy (non-hydrogen) atoms. The van der Waals surface area contributed by atoms with Gasteiger partial charge < -0.3 is 10.2 Å². The lowest BCUT2D eigenvalue weighted by molar-refractivity contribution is 0.474. The highest BCUT2D eigenvalue weighted by atomic mass is 35.5. The normalized spacial score (nSPS) is 13.3. The lowest BCUT2D eigenvalue weighted by Gasteiger charge is -2.34. The molecule has 7 rings (SSSR count). The van der Waals surface area contributed by atoms with Gasteiger partial charge in [-0.3, -0.25) is 9.98 Å². The van der Waals surface area contributed by atoms with E-state index in [1.54, 1.807) is 48.8 Å². The largest absolute Gasteiger partial charge is 0.507 e. The Morgan fingerprint density at radius 2 is 0.889 bits per heavy atom. The van der Waals surface area contributed by atoms with E-state index in [1.165, 1.54) is 22.3 Å². The van der Waals surface area contributed by atoms with Crippen molar-refractivity contribution >= 4 is 47.0 Å². The van der Waals surface area contributed by atoms with Crippen LogP contribution < -0.4 is 0 Å². The van der Waals surface area contributed by atoms with Crippen molar-refractivity contribution < 1.29 is 10.2 Å². The number of halogens is 2. The monoisotopic (exact) mass is 624 g/mol. The van der Waals surface area contributed by atoms with Crippen molar-refractivity contribution in [1.82, 2.24) is 0 Å². The Kier molecular flexibility index (Phi) is 7.46. The van der Waals surface area contributed by atoms with Gasteiger partial charge in [0.1, 0.15) is 11.5 Å². The SMILES string of the molecule is Oc1ccc(Cl)cc1C=Nc1ccc(C2(c3ccc(N=Cc4cc(Cl)ccc4O)cc3)c3ccccc3-c3ccccc32)cc1. The Balaban J connectivity index is 1.32. The zero-order valence-electron chi connectivity index (χ0n) is 23.9. The van der Waals surface area contributed by atoms with Crippen LogP contribution in [-0.2, 0) is 5.41 Å². The Labute approximate surface area is 271 Å². The third kappa shape index (κ3) is 5.18. The third-order valence-electron chi connectivity index (χ3n) is 8.24. The van der Waals surface area contributed by atoms with Crippen LogP contribution in [0, 0.1) is 0 Å². The number of aromatic hydroxyl groups is 2. The minimum atomic E-state index is -0.575. The fourth-order valence-electron chi connectivity index (χ4n) is 6.16. The van der Waals surface area contributed by atoms with Crippen LogP contribution >= 0.6 is 23.2 Å². The van der Waals surface area contributed by atoms with Gasteiger partial charge in [0.05, 0.1) is 16.8 Å². The third-order valence-corrected chi connectivity index (χ3v) is 8.71. The fourth-order valence-corrected chi connectivity index (χ4v) is 6.53. The molecule has 0 atom stereocenters. The van der Waals surface area contributed by atoms with Crippen LogP contribution in [0.4, 0.5) is 11.4 Å². The summed E-state index contributed by atoms with van der Waals surface area (Å²) >= 11 is 12.2. The molecule has 0 saturated heterocycles. The summed E-state index contributed by atoms with van der Waals surface area (Å²) < 4.78 is 0. The highest BCUT2D eigenvalue weighted by molar-refractivity contribution is 6.31. The molecule has 0 saturated carbocycles. The molecule has 4 nitrogen and oxygen atoms in total. The zero-order chi connectivity index (χ0) is 31.0. The van der Waals surface area contributed by atoms with Crippen molar-refractivity contribution in [2.24, 2.45) is 9.98 Å². The van der Waals surface area contributed by atoms with Crippen molar-refractivity contribution in [2.75, 3.05) is 0 Å². The molecule has 6 aromatic rings. The Bertz CT molecular complexity index is 1950. The van der Waals surface area contributed by atoms with Gasteiger partial charge in [-0.15, -0.1) is 0 Å². The fraction of sp³-hybridized carbons (Fsp3) is 0.0256. The minimum absolute atomic E-state index is 0.120.